The highest BCUT2D eigenvalue weighted by Crippen LogP contribution is 2.24. The van der Waals surface area contributed by atoms with Gasteiger partial charge >= 0.3 is 5.69 Å². The van der Waals surface area contributed by atoms with Gasteiger partial charge in [0.05, 0.1) is 4.92 Å². The molecular formula is C7H4Cl2N4O2. The number of alkyl halides is 2. The number of nitro groups is 1. The molecule has 0 bridgehead atoms. The summed E-state index contributed by atoms with van der Waals surface area (Å²) in [7, 11) is 0. The fourth-order valence-electron chi connectivity index (χ4n) is 1.14. The number of rotatable bonds is 2. The second kappa shape index (κ2) is 3.63. The number of hydrogen-bond acceptors (Lipinski definition) is 4. The average Bonchev–Trinajstić information content (AvgIpc) is 2.60. The van der Waals surface area contributed by atoms with Crippen molar-refractivity contribution in [2.45, 2.75) is 4.84 Å². The third-order valence-corrected chi connectivity index (χ3v) is 2.14. The van der Waals surface area contributed by atoms with E-state index in [1.807, 2.05) is 0 Å². The number of nitrogens with zero attached hydrogens (tertiary/aromatic N) is 4. The van der Waals surface area contributed by atoms with Gasteiger partial charge in [-0.25, -0.2) is 9.50 Å². The van der Waals surface area contributed by atoms with Crippen LogP contribution in [-0.4, -0.2) is 19.5 Å². The van der Waals surface area contributed by atoms with E-state index in [0.717, 1.165) is 0 Å². The third kappa shape index (κ3) is 1.73. The molecule has 0 N–H and O–H groups in total. The molecule has 2 heterocycles. The quantitative estimate of drug-likeness (QED) is 0.462. The molecule has 0 aliphatic carbocycles. The first-order valence-corrected chi connectivity index (χ1v) is 4.74. The molecule has 15 heavy (non-hydrogen) atoms. The van der Waals surface area contributed by atoms with Crippen LogP contribution < -0.4 is 0 Å². The van der Waals surface area contributed by atoms with Gasteiger partial charge in [-0.15, -0.1) is 5.10 Å². The molecule has 0 fully saturated rings. The standard InChI is InChI=1S/C7H4Cl2N4O2/c8-5(9)6-10-7-4(13(14)15)2-1-3-12(7)11-6/h1-3,5H. The number of fused-ring (bicyclic) bond motifs is 1. The molecule has 2 aromatic heterocycles. The topological polar surface area (TPSA) is 73.3 Å². The summed E-state index contributed by atoms with van der Waals surface area (Å²) < 4.78 is 1.27. The summed E-state index contributed by atoms with van der Waals surface area (Å²) in [6.07, 6.45) is 1.54. The number of hydrogen-bond donors (Lipinski definition) is 0. The van der Waals surface area contributed by atoms with Crippen molar-refractivity contribution in [3.8, 4) is 0 Å². The highest BCUT2D eigenvalue weighted by Gasteiger charge is 2.18. The first-order chi connectivity index (χ1) is 7.09. The molecule has 0 aliphatic heterocycles. The number of aromatic nitrogens is 3. The Balaban J connectivity index is 2.70. The van der Waals surface area contributed by atoms with E-state index in [0.29, 0.717) is 0 Å². The number of pyridine rings is 1. The first kappa shape index (κ1) is 10.1. The van der Waals surface area contributed by atoms with Crippen LogP contribution in [-0.2, 0) is 0 Å². The van der Waals surface area contributed by atoms with Crippen molar-refractivity contribution in [1.82, 2.24) is 14.6 Å². The maximum Gasteiger partial charge on any atom is 0.313 e. The molecule has 0 spiro atoms. The lowest BCUT2D eigenvalue weighted by molar-refractivity contribution is -0.383. The molecule has 6 nitrogen and oxygen atoms in total. The Bertz CT molecular complexity index is 525. The monoisotopic (exact) mass is 246 g/mol. The first-order valence-electron chi connectivity index (χ1n) is 3.87. The summed E-state index contributed by atoms with van der Waals surface area (Å²) in [5, 5.41) is 14.5. The highest BCUT2D eigenvalue weighted by molar-refractivity contribution is 6.43. The maximum absolute atomic E-state index is 10.7. The molecule has 0 radical (unpaired) electrons. The Morgan fingerprint density at radius 2 is 2.27 bits per heavy atom. The molecular weight excluding hydrogens is 243 g/mol. The van der Waals surface area contributed by atoms with Crippen molar-refractivity contribution in [1.29, 1.82) is 0 Å². The van der Waals surface area contributed by atoms with Crippen molar-refractivity contribution in [2.24, 2.45) is 0 Å². The molecule has 0 saturated carbocycles. The fourth-order valence-corrected chi connectivity index (χ4v) is 1.33. The van der Waals surface area contributed by atoms with E-state index in [4.69, 9.17) is 23.2 Å². The highest BCUT2D eigenvalue weighted by atomic mass is 35.5. The zero-order valence-electron chi connectivity index (χ0n) is 7.17. The van der Waals surface area contributed by atoms with Crippen LogP contribution in [0.15, 0.2) is 18.3 Å². The minimum atomic E-state index is -0.899. The van der Waals surface area contributed by atoms with Crippen molar-refractivity contribution < 1.29 is 4.92 Å². The molecule has 2 aromatic rings. The number of halogens is 2. The Hall–Kier alpha value is -1.40. The predicted octanol–water partition coefficient (Wildman–Crippen LogP) is 2.11. The maximum atomic E-state index is 10.7. The van der Waals surface area contributed by atoms with Crippen LogP contribution >= 0.6 is 23.2 Å². The zero-order chi connectivity index (χ0) is 11.0. The summed E-state index contributed by atoms with van der Waals surface area (Å²) >= 11 is 11.1. The molecule has 2 rings (SSSR count). The molecule has 8 heteroatoms. The van der Waals surface area contributed by atoms with Crippen LogP contribution in [0, 0.1) is 10.1 Å². The lowest BCUT2D eigenvalue weighted by Gasteiger charge is -1.91. The van der Waals surface area contributed by atoms with Crippen LogP contribution in [0.4, 0.5) is 5.69 Å². The second-order valence-electron chi connectivity index (χ2n) is 2.69. The normalized spacial score (nSPS) is 11.1. The van der Waals surface area contributed by atoms with Gasteiger partial charge in [0.15, 0.2) is 10.7 Å². The van der Waals surface area contributed by atoms with Gasteiger partial charge in [0.25, 0.3) is 0 Å². The zero-order valence-corrected chi connectivity index (χ0v) is 8.68. The summed E-state index contributed by atoms with van der Waals surface area (Å²) in [4.78, 5) is 13.1. The van der Waals surface area contributed by atoms with Crippen molar-refractivity contribution in [2.75, 3.05) is 0 Å². The summed E-state index contributed by atoms with van der Waals surface area (Å²) in [5.74, 6) is 0.146. The lowest BCUT2D eigenvalue weighted by atomic mass is 10.4. The van der Waals surface area contributed by atoms with Crippen LogP contribution in [0.25, 0.3) is 5.65 Å². The van der Waals surface area contributed by atoms with Crippen LogP contribution in [0.1, 0.15) is 10.7 Å². The van der Waals surface area contributed by atoms with Gasteiger partial charge in [-0.2, -0.15) is 0 Å². The summed E-state index contributed by atoms with van der Waals surface area (Å²) in [6.45, 7) is 0. The third-order valence-electron chi connectivity index (χ3n) is 1.75. The molecule has 0 unspecified atom stereocenters. The van der Waals surface area contributed by atoms with Crippen molar-refractivity contribution in [3.63, 3.8) is 0 Å². The minimum Gasteiger partial charge on any atom is -0.258 e. The summed E-state index contributed by atoms with van der Waals surface area (Å²) in [6, 6.07) is 2.84. The molecule has 0 aliphatic rings. The van der Waals surface area contributed by atoms with Gasteiger partial charge in [-0.05, 0) is 6.07 Å². The van der Waals surface area contributed by atoms with Crippen LogP contribution in [0.3, 0.4) is 0 Å². The van der Waals surface area contributed by atoms with Crippen molar-refractivity contribution >= 4 is 34.5 Å². The Morgan fingerprint density at radius 1 is 1.53 bits per heavy atom. The van der Waals surface area contributed by atoms with Gasteiger partial charge in [0, 0.05) is 12.3 Å². The van der Waals surface area contributed by atoms with Gasteiger partial charge in [0.2, 0.25) is 5.65 Å². The van der Waals surface area contributed by atoms with Gasteiger partial charge < -0.3 is 0 Å². The van der Waals surface area contributed by atoms with E-state index in [1.54, 1.807) is 0 Å². The van der Waals surface area contributed by atoms with Gasteiger partial charge in [0.1, 0.15) is 0 Å². The van der Waals surface area contributed by atoms with Gasteiger partial charge in [-0.3, -0.25) is 10.1 Å². The predicted molar refractivity (Wildman–Crippen MR) is 54.1 cm³/mol. The second-order valence-corrected chi connectivity index (χ2v) is 3.79. The smallest absolute Gasteiger partial charge is 0.258 e. The SMILES string of the molecule is O=[N+]([O-])c1cccn2nc(C(Cl)Cl)nc12. The Kier molecular flexibility index (Phi) is 2.45. The Morgan fingerprint density at radius 3 is 2.87 bits per heavy atom. The van der Waals surface area contributed by atoms with E-state index in [-0.39, 0.29) is 17.2 Å². The lowest BCUT2D eigenvalue weighted by Crippen LogP contribution is -1.93. The van der Waals surface area contributed by atoms with E-state index in [9.17, 15) is 10.1 Å². The van der Waals surface area contributed by atoms with E-state index in [1.165, 1.54) is 22.8 Å². The molecule has 0 saturated heterocycles. The van der Waals surface area contributed by atoms with E-state index >= 15 is 0 Å². The average molecular weight is 247 g/mol. The molecule has 78 valence electrons. The molecule has 0 amide bonds. The van der Waals surface area contributed by atoms with E-state index < -0.39 is 9.76 Å². The van der Waals surface area contributed by atoms with Crippen molar-refractivity contribution in [3.05, 3.63) is 34.3 Å². The fraction of sp³-hybridized carbons (Fsp3) is 0.143. The minimum absolute atomic E-state index is 0.129. The van der Waals surface area contributed by atoms with Crippen LogP contribution in [0.5, 0.6) is 0 Å². The van der Waals surface area contributed by atoms with E-state index in [2.05, 4.69) is 10.1 Å². The van der Waals surface area contributed by atoms with Crippen LogP contribution in [0.2, 0.25) is 0 Å². The van der Waals surface area contributed by atoms with Gasteiger partial charge in [-0.1, -0.05) is 23.2 Å². The summed E-state index contributed by atoms with van der Waals surface area (Å²) in [5.41, 5.74) is -0.00552. The molecule has 0 aromatic carbocycles. The molecule has 0 atom stereocenters. The Labute approximate surface area is 93.6 Å². The largest absolute Gasteiger partial charge is 0.313 e.